The zero-order valence-electron chi connectivity index (χ0n) is 11.8. The van der Waals surface area contributed by atoms with Gasteiger partial charge in [-0.25, -0.2) is 0 Å². The Morgan fingerprint density at radius 2 is 2.26 bits per heavy atom. The highest BCUT2D eigenvalue weighted by molar-refractivity contribution is 5.24. The standard InChI is InChI=1S/C14H22N4O/c1-10-14(11(2)18(3)17-10)7-6-12(16-15)9-13-5-4-8-19-13/h4-5,8,12,16H,6-7,9,15H2,1-3H3. The molecule has 0 amide bonds. The van der Waals surface area contributed by atoms with Crippen molar-refractivity contribution in [3.8, 4) is 0 Å². The maximum Gasteiger partial charge on any atom is 0.105 e. The van der Waals surface area contributed by atoms with Gasteiger partial charge in [-0.15, -0.1) is 0 Å². The monoisotopic (exact) mass is 262 g/mol. The molecule has 2 aromatic rings. The van der Waals surface area contributed by atoms with Crippen LogP contribution >= 0.6 is 0 Å². The second-order valence-electron chi connectivity index (χ2n) is 4.96. The molecule has 0 spiro atoms. The zero-order chi connectivity index (χ0) is 13.8. The topological polar surface area (TPSA) is 69.0 Å². The van der Waals surface area contributed by atoms with Crippen LogP contribution in [0.2, 0.25) is 0 Å². The van der Waals surface area contributed by atoms with Gasteiger partial charge < -0.3 is 4.42 Å². The fraction of sp³-hybridized carbons (Fsp3) is 0.500. The van der Waals surface area contributed by atoms with Crippen LogP contribution in [0.5, 0.6) is 0 Å². The van der Waals surface area contributed by atoms with Gasteiger partial charge in [0.15, 0.2) is 0 Å². The molecule has 104 valence electrons. The van der Waals surface area contributed by atoms with E-state index in [1.807, 2.05) is 23.9 Å². The fourth-order valence-corrected chi connectivity index (χ4v) is 2.41. The van der Waals surface area contributed by atoms with Crippen molar-refractivity contribution in [2.24, 2.45) is 12.9 Å². The lowest BCUT2D eigenvalue weighted by atomic mass is 10.0. The lowest BCUT2D eigenvalue weighted by Gasteiger charge is -2.14. The third-order valence-electron chi connectivity index (χ3n) is 3.67. The highest BCUT2D eigenvalue weighted by atomic mass is 16.3. The van der Waals surface area contributed by atoms with Gasteiger partial charge in [0.05, 0.1) is 12.0 Å². The molecule has 0 aromatic carbocycles. The van der Waals surface area contributed by atoms with Crippen molar-refractivity contribution in [3.63, 3.8) is 0 Å². The third-order valence-corrected chi connectivity index (χ3v) is 3.67. The summed E-state index contributed by atoms with van der Waals surface area (Å²) in [6.45, 7) is 4.16. The molecule has 19 heavy (non-hydrogen) atoms. The van der Waals surface area contributed by atoms with Gasteiger partial charge in [0.25, 0.3) is 0 Å². The van der Waals surface area contributed by atoms with Crippen LogP contribution in [-0.2, 0) is 19.9 Å². The minimum Gasteiger partial charge on any atom is -0.469 e. The molecular formula is C14H22N4O. The Balaban J connectivity index is 1.96. The van der Waals surface area contributed by atoms with E-state index in [0.29, 0.717) is 0 Å². The zero-order valence-corrected chi connectivity index (χ0v) is 11.8. The second-order valence-corrected chi connectivity index (χ2v) is 4.96. The molecule has 0 radical (unpaired) electrons. The summed E-state index contributed by atoms with van der Waals surface area (Å²) in [4.78, 5) is 0. The Labute approximate surface area is 113 Å². The van der Waals surface area contributed by atoms with Crippen molar-refractivity contribution in [2.45, 2.75) is 39.2 Å². The van der Waals surface area contributed by atoms with E-state index >= 15 is 0 Å². The first-order valence-corrected chi connectivity index (χ1v) is 6.59. The minimum atomic E-state index is 0.213. The van der Waals surface area contributed by atoms with E-state index in [2.05, 4.69) is 24.4 Å². The average Bonchev–Trinajstić information content (AvgIpc) is 2.97. The predicted molar refractivity (Wildman–Crippen MR) is 74.5 cm³/mol. The van der Waals surface area contributed by atoms with Crippen LogP contribution in [0.3, 0.4) is 0 Å². The molecule has 1 atom stereocenters. The predicted octanol–water partition coefficient (Wildman–Crippen LogP) is 1.64. The van der Waals surface area contributed by atoms with E-state index < -0.39 is 0 Å². The number of nitrogens with one attached hydrogen (secondary N) is 1. The maximum atomic E-state index is 5.62. The molecule has 2 heterocycles. The molecule has 5 heteroatoms. The maximum absolute atomic E-state index is 5.62. The van der Waals surface area contributed by atoms with Gasteiger partial charge in [-0.05, 0) is 44.4 Å². The second kappa shape index (κ2) is 6.04. The number of aryl methyl sites for hydroxylation is 2. The Morgan fingerprint density at radius 1 is 1.47 bits per heavy atom. The van der Waals surface area contributed by atoms with E-state index in [1.54, 1.807) is 6.26 Å². The van der Waals surface area contributed by atoms with E-state index in [9.17, 15) is 0 Å². The molecular weight excluding hydrogens is 240 g/mol. The van der Waals surface area contributed by atoms with E-state index in [4.69, 9.17) is 10.3 Å². The Hall–Kier alpha value is -1.59. The number of hydrazine groups is 1. The van der Waals surface area contributed by atoms with Crippen molar-refractivity contribution in [1.82, 2.24) is 15.2 Å². The highest BCUT2D eigenvalue weighted by Crippen LogP contribution is 2.16. The van der Waals surface area contributed by atoms with Crippen LogP contribution in [0, 0.1) is 13.8 Å². The van der Waals surface area contributed by atoms with Gasteiger partial charge in [-0.2, -0.15) is 5.10 Å². The van der Waals surface area contributed by atoms with Crippen LogP contribution in [0.1, 0.15) is 29.1 Å². The molecule has 2 aromatic heterocycles. The van der Waals surface area contributed by atoms with E-state index in [-0.39, 0.29) is 6.04 Å². The number of rotatable bonds is 6. The van der Waals surface area contributed by atoms with Crippen molar-refractivity contribution in [1.29, 1.82) is 0 Å². The molecule has 0 aliphatic carbocycles. The molecule has 0 aliphatic heterocycles. The molecule has 0 saturated carbocycles. The SMILES string of the molecule is Cc1nn(C)c(C)c1CCC(Cc1ccco1)NN. The number of nitrogens with zero attached hydrogens (tertiary/aromatic N) is 2. The normalized spacial score (nSPS) is 12.8. The van der Waals surface area contributed by atoms with Gasteiger partial charge in [0, 0.05) is 25.2 Å². The van der Waals surface area contributed by atoms with Crippen molar-refractivity contribution in [3.05, 3.63) is 41.1 Å². The molecule has 5 nitrogen and oxygen atoms in total. The summed E-state index contributed by atoms with van der Waals surface area (Å²) in [5.74, 6) is 6.58. The summed E-state index contributed by atoms with van der Waals surface area (Å²) >= 11 is 0. The largest absolute Gasteiger partial charge is 0.469 e. The molecule has 0 fully saturated rings. The molecule has 3 N–H and O–H groups in total. The van der Waals surface area contributed by atoms with Gasteiger partial charge in [-0.3, -0.25) is 16.0 Å². The first-order chi connectivity index (χ1) is 9.11. The minimum absolute atomic E-state index is 0.213. The Kier molecular flexibility index (Phi) is 4.39. The summed E-state index contributed by atoms with van der Waals surface area (Å²) in [7, 11) is 1.98. The van der Waals surface area contributed by atoms with Crippen molar-refractivity contribution < 1.29 is 4.42 Å². The summed E-state index contributed by atoms with van der Waals surface area (Å²) < 4.78 is 7.29. The summed E-state index contributed by atoms with van der Waals surface area (Å²) in [5.41, 5.74) is 6.52. The number of nitrogens with two attached hydrogens (primary N) is 1. The van der Waals surface area contributed by atoms with Crippen LogP contribution in [0.15, 0.2) is 22.8 Å². The summed E-state index contributed by atoms with van der Waals surface area (Å²) in [6.07, 6.45) is 4.44. The summed E-state index contributed by atoms with van der Waals surface area (Å²) in [6, 6.07) is 4.09. The Morgan fingerprint density at radius 3 is 2.79 bits per heavy atom. The van der Waals surface area contributed by atoms with Crippen LogP contribution in [-0.4, -0.2) is 15.8 Å². The van der Waals surface area contributed by atoms with Gasteiger partial charge in [0.1, 0.15) is 5.76 Å². The molecule has 0 saturated heterocycles. The Bertz CT molecular complexity index is 516. The van der Waals surface area contributed by atoms with Gasteiger partial charge >= 0.3 is 0 Å². The first-order valence-electron chi connectivity index (χ1n) is 6.59. The average molecular weight is 262 g/mol. The van der Waals surface area contributed by atoms with Gasteiger partial charge in [-0.1, -0.05) is 0 Å². The molecule has 0 aliphatic rings. The quantitative estimate of drug-likeness (QED) is 0.613. The fourth-order valence-electron chi connectivity index (χ4n) is 2.41. The lowest BCUT2D eigenvalue weighted by Crippen LogP contribution is -2.37. The number of aromatic nitrogens is 2. The molecule has 1 unspecified atom stereocenters. The van der Waals surface area contributed by atoms with Crippen molar-refractivity contribution >= 4 is 0 Å². The summed E-state index contributed by atoms with van der Waals surface area (Å²) in [5, 5.41) is 4.44. The molecule has 2 rings (SSSR count). The smallest absolute Gasteiger partial charge is 0.105 e. The number of furan rings is 1. The number of hydrogen-bond acceptors (Lipinski definition) is 4. The highest BCUT2D eigenvalue weighted by Gasteiger charge is 2.14. The lowest BCUT2D eigenvalue weighted by molar-refractivity contribution is 0.429. The third kappa shape index (κ3) is 3.24. The van der Waals surface area contributed by atoms with Crippen molar-refractivity contribution in [2.75, 3.05) is 0 Å². The van der Waals surface area contributed by atoms with E-state index in [0.717, 1.165) is 30.7 Å². The number of hydrogen-bond donors (Lipinski definition) is 2. The van der Waals surface area contributed by atoms with Crippen LogP contribution < -0.4 is 11.3 Å². The first kappa shape index (κ1) is 13.8. The van der Waals surface area contributed by atoms with Crippen LogP contribution in [0.4, 0.5) is 0 Å². The molecule has 0 bridgehead atoms. The van der Waals surface area contributed by atoms with Crippen LogP contribution in [0.25, 0.3) is 0 Å². The van der Waals surface area contributed by atoms with Gasteiger partial charge in [0.2, 0.25) is 0 Å². The van der Waals surface area contributed by atoms with E-state index in [1.165, 1.54) is 11.3 Å².